The summed E-state index contributed by atoms with van der Waals surface area (Å²) in [6.07, 6.45) is 3.38. The van der Waals surface area contributed by atoms with Gasteiger partial charge in [-0.25, -0.2) is 0 Å². The Labute approximate surface area is 128 Å². The normalized spacial score (nSPS) is 17.4. The van der Waals surface area contributed by atoms with Crippen LogP contribution in [0.15, 0.2) is 24.3 Å². The lowest BCUT2D eigenvalue weighted by atomic mass is 10.1. The third-order valence-electron chi connectivity index (χ3n) is 3.96. The number of nitrogens with one attached hydrogen (secondary N) is 1. The van der Waals surface area contributed by atoms with E-state index >= 15 is 0 Å². The molecule has 0 aromatic heterocycles. The van der Waals surface area contributed by atoms with Crippen LogP contribution in [0, 0.1) is 0 Å². The van der Waals surface area contributed by atoms with Crippen molar-refractivity contribution in [1.82, 2.24) is 9.80 Å². The topological polar surface area (TPSA) is 35.6 Å². The Morgan fingerprint density at radius 3 is 2.62 bits per heavy atom. The highest BCUT2D eigenvalue weighted by Crippen LogP contribution is 2.11. The molecule has 1 amide bonds. The summed E-state index contributed by atoms with van der Waals surface area (Å²) in [5.74, 6) is 0.0859. The van der Waals surface area contributed by atoms with E-state index in [2.05, 4.69) is 41.2 Å². The summed E-state index contributed by atoms with van der Waals surface area (Å²) in [6.45, 7) is 6.81. The molecule has 1 N–H and O–H groups in total. The van der Waals surface area contributed by atoms with Gasteiger partial charge in [0.05, 0.1) is 6.54 Å². The van der Waals surface area contributed by atoms with Crippen molar-refractivity contribution in [2.75, 3.05) is 45.1 Å². The highest BCUT2D eigenvalue weighted by atomic mass is 16.2. The van der Waals surface area contributed by atoms with E-state index in [4.69, 9.17) is 0 Å². The fraction of sp³-hybridized carbons (Fsp3) is 0.588. The van der Waals surface area contributed by atoms with Crippen molar-refractivity contribution < 1.29 is 4.79 Å². The van der Waals surface area contributed by atoms with Crippen LogP contribution in [-0.4, -0.2) is 55.5 Å². The number of likely N-dealkylation sites (N-methyl/N-ethyl adjacent to an activating group) is 1. The summed E-state index contributed by atoms with van der Waals surface area (Å²) >= 11 is 0. The van der Waals surface area contributed by atoms with Crippen molar-refractivity contribution in [3.63, 3.8) is 0 Å². The first kappa shape index (κ1) is 16.0. The largest absolute Gasteiger partial charge is 0.325 e. The predicted molar refractivity (Wildman–Crippen MR) is 87.6 cm³/mol. The molecule has 21 heavy (non-hydrogen) atoms. The lowest BCUT2D eigenvalue weighted by molar-refractivity contribution is -0.117. The Morgan fingerprint density at radius 2 is 1.90 bits per heavy atom. The Hall–Kier alpha value is -1.39. The number of rotatable bonds is 5. The molecule has 116 valence electrons. The second kappa shape index (κ2) is 8.15. The first-order chi connectivity index (χ1) is 10.2. The maximum Gasteiger partial charge on any atom is 0.238 e. The molecule has 0 radical (unpaired) electrons. The van der Waals surface area contributed by atoms with Crippen molar-refractivity contribution in [2.24, 2.45) is 0 Å². The van der Waals surface area contributed by atoms with Gasteiger partial charge in [-0.3, -0.25) is 9.69 Å². The number of anilines is 1. The molecule has 1 heterocycles. The number of nitrogens with zero attached hydrogens (tertiary/aromatic N) is 2. The number of hydrogen-bond donors (Lipinski definition) is 1. The molecule has 1 aliphatic heterocycles. The van der Waals surface area contributed by atoms with E-state index in [0.717, 1.165) is 51.1 Å². The Balaban J connectivity index is 1.80. The minimum atomic E-state index is 0.0859. The quantitative estimate of drug-likeness (QED) is 0.903. The smallest absolute Gasteiger partial charge is 0.238 e. The summed E-state index contributed by atoms with van der Waals surface area (Å²) in [5, 5.41) is 3.00. The first-order valence-electron chi connectivity index (χ1n) is 7.97. The van der Waals surface area contributed by atoms with Gasteiger partial charge < -0.3 is 10.2 Å². The number of carbonyl (C=O) groups excluding carboxylic acids is 1. The average Bonchev–Trinajstić information content (AvgIpc) is 2.66. The summed E-state index contributed by atoms with van der Waals surface area (Å²) in [7, 11) is 2.14. The van der Waals surface area contributed by atoms with Gasteiger partial charge in [0.1, 0.15) is 0 Å². The predicted octanol–water partition coefficient (Wildman–Crippen LogP) is 2.22. The monoisotopic (exact) mass is 289 g/mol. The Bertz CT molecular complexity index is 444. The Kier molecular flexibility index (Phi) is 6.21. The van der Waals surface area contributed by atoms with Crippen LogP contribution >= 0.6 is 0 Å². The van der Waals surface area contributed by atoms with Gasteiger partial charge in [0.2, 0.25) is 5.91 Å². The van der Waals surface area contributed by atoms with E-state index in [9.17, 15) is 4.79 Å². The zero-order valence-electron chi connectivity index (χ0n) is 13.3. The third kappa shape index (κ3) is 5.48. The molecular weight excluding hydrogens is 262 g/mol. The first-order valence-corrected chi connectivity index (χ1v) is 7.97. The van der Waals surface area contributed by atoms with Gasteiger partial charge in [-0.1, -0.05) is 25.5 Å². The molecule has 0 saturated carbocycles. The summed E-state index contributed by atoms with van der Waals surface area (Å²) in [5.41, 5.74) is 2.22. The number of hydrogen-bond acceptors (Lipinski definition) is 3. The van der Waals surface area contributed by atoms with Gasteiger partial charge in [-0.05, 0) is 50.7 Å². The second-order valence-electron chi connectivity index (χ2n) is 5.93. The van der Waals surface area contributed by atoms with Crippen molar-refractivity contribution in [3.8, 4) is 0 Å². The van der Waals surface area contributed by atoms with Crippen LogP contribution in [-0.2, 0) is 11.2 Å². The highest BCUT2D eigenvalue weighted by Gasteiger charge is 2.14. The molecule has 0 spiro atoms. The van der Waals surface area contributed by atoms with Crippen LogP contribution in [0.2, 0.25) is 0 Å². The van der Waals surface area contributed by atoms with Crippen LogP contribution in [0.25, 0.3) is 0 Å². The number of amides is 1. The highest BCUT2D eigenvalue weighted by molar-refractivity contribution is 5.92. The molecule has 0 unspecified atom stereocenters. The maximum atomic E-state index is 12.1. The molecule has 4 nitrogen and oxygen atoms in total. The van der Waals surface area contributed by atoms with Crippen LogP contribution in [0.3, 0.4) is 0 Å². The van der Waals surface area contributed by atoms with Gasteiger partial charge >= 0.3 is 0 Å². The van der Waals surface area contributed by atoms with Crippen LogP contribution in [0.5, 0.6) is 0 Å². The van der Waals surface area contributed by atoms with E-state index in [-0.39, 0.29) is 5.91 Å². The molecule has 1 aromatic carbocycles. The minimum Gasteiger partial charge on any atom is -0.325 e. The third-order valence-corrected chi connectivity index (χ3v) is 3.96. The van der Waals surface area contributed by atoms with Crippen LogP contribution in [0.4, 0.5) is 5.69 Å². The average molecular weight is 289 g/mol. The van der Waals surface area contributed by atoms with Crippen molar-refractivity contribution in [2.45, 2.75) is 26.2 Å². The van der Waals surface area contributed by atoms with Gasteiger partial charge in [0.25, 0.3) is 0 Å². The molecule has 1 aromatic rings. The zero-order chi connectivity index (χ0) is 15.1. The van der Waals surface area contributed by atoms with Gasteiger partial charge in [0, 0.05) is 18.8 Å². The minimum absolute atomic E-state index is 0.0859. The van der Waals surface area contributed by atoms with Gasteiger partial charge in [-0.2, -0.15) is 0 Å². The SMILES string of the molecule is CCCc1ccc(NC(=O)CN2CCCN(C)CC2)cc1. The van der Waals surface area contributed by atoms with E-state index in [0.29, 0.717) is 6.54 Å². The molecule has 4 heteroatoms. The molecular formula is C17H27N3O. The molecule has 0 atom stereocenters. The fourth-order valence-corrected chi connectivity index (χ4v) is 2.71. The molecule has 1 fully saturated rings. The molecule has 0 aliphatic carbocycles. The van der Waals surface area contributed by atoms with Gasteiger partial charge in [0.15, 0.2) is 0 Å². The lowest BCUT2D eigenvalue weighted by Crippen LogP contribution is -2.35. The number of benzene rings is 1. The van der Waals surface area contributed by atoms with E-state index in [1.54, 1.807) is 0 Å². The summed E-state index contributed by atoms with van der Waals surface area (Å²) in [6, 6.07) is 8.19. The fourth-order valence-electron chi connectivity index (χ4n) is 2.71. The van der Waals surface area contributed by atoms with E-state index < -0.39 is 0 Å². The summed E-state index contributed by atoms with van der Waals surface area (Å²) < 4.78 is 0. The van der Waals surface area contributed by atoms with Crippen molar-refractivity contribution in [1.29, 1.82) is 0 Å². The van der Waals surface area contributed by atoms with Crippen LogP contribution in [0.1, 0.15) is 25.3 Å². The molecule has 2 rings (SSSR count). The van der Waals surface area contributed by atoms with Crippen molar-refractivity contribution in [3.05, 3.63) is 29.8 Å². The summed E-state index contributed by atoms with van der Waals surface area (Å²) in [4.78, 5) is 16.7. The number of aryl methyl sites for hydroxylation is 1. The molecule has 1 saturated heterocycles. The van der Waals surface area contributed by atoms with Crippen molar-refractivity contribution >= 4 is 11.6 Å². The molecule has 0 bridgehead atoms. The van der Waals surface area contributed by atoms with E-state index in [1.807, 2.05) is 12.1 Å². The Morgan fingerprint density at radius 1 is 1.14 bits per heavy atom. The van der Waals surface area contributed by atoms with Gasteiger partial charge in [-0.15, -0.1) is 0 Å². The van der Waals surface area contributed by atoms with E-state index in [1.165, 1.54) is 5.56 Å². The number of carbonyl (C=O) groups is 1. The lowest BCUT2D eigenvalue weighted by Gasteiger charge is -2.19. The second-order valence-corrected chi connectivity index (χ2v) is 5.93. The molecule has 1 aliphatic rings. The maximum absolute atomic E-state index is 12.1. The zero-order valence-corrected chi connectivity index (χ0v) is 13.3. The standard InChI is InChI=1S/C17H27N3O/c1-3-5-15-6-8-16(9-7-15)18-17(21)14-20-11-4-10-19(2)12-13-20/h6-9H,3-5,10-14H2,1-2H3,(H,18,21). The van der Waals surface area contributed by atoms with Crippen LogP contribution < -0.4 is 5.32 Å².